The second-order valence-corrected chi connectivity index (χ2v) is 10.0. The molecule has 0 bridgehead atoms. The Balaban J connectivity index is 1.57. The Labute approximate surface area is 219 Å². The zero-order chi connectivity index (χ0) is 27.8. The Morgan fingerprint density at radius 2 is 1.89 bits per heavy atom. The van der Waals surface area contributed by atoms with E-state index in [2.05, 4.69) is 10.4 Å². The first-order chi connectivity index (χ1) is 17.9. The smallest absolute Gasteiger partial charge is 0.435 e. The molecule has 2 heterocycles. The van der Waals surface area contributed by atoms with Gasteiger partial charge in [0.05, 0.1) is 37.3 Å². The molecule has 9 nitrogen and oxygen atoms in total. The molecule has 1 atom stereocenters. The number of rotatable bonds is 5. The molecule has 0 unspecified atom stereocenters. The third-order valence-electron chi connectivity index (χ3n) is 6.19. The molecule has 2 N–H and O–H groups in total. The lowest BCUT2D eigenvalue weighted by Crippen LogP contribution is -2.42. The zero-order valence-electron chi connectivity index (χ0n) is 21.8. The molecule has 0 aliphatic carbocycles. The normalized spacial score (nSPS) is 13.7. The van der Waals surface area contributed by atoms with E-state index in [1.54, 1.807) is 33.8 Å². The number of benzene rings is 2. The Bertz CT molecular complexity index is 1380. The van der Waals surface area contributed by atoms with Crippen molar-refractivity contribution in [1.82, 2.24) is 15.1 Å². The summed E-state index contributed by atoms with van der Waals surface area (Å²) in [7, 11) is 1.39. The molecule has 0 saturated heterocycles. The van der Waals surface area contributed by atoms with Crippen molar-refractivity contribution in [3.8, 4) is 16.9 Å². The Morgan fingerprint density at radius 3 is 2.55 bits per heavy atom. The van der Waals surface area contributed by atoms with Crippen molar-refractivity contribution < 1.29 is 33.0 Å². The predicted octanol–water partition coefficient (Wildman–Crippen LogP) is 4.73. The second kappa shape index (κ2) is 10.4. The van der Waals surface area contributed by atoms with Crippen LogP contribution >= 0.6 is 0 Å². The molecule has 2 aromatic carbocycles. The van der Waals surface area contributed by atoms with E-state index in [0.717, 1.165) is 10.2 Å². The number of halogens is 2. The van der Waals surface area contributed by atoms with Crippen LogP contribution in [-0.2, 0) is 11.2 Å². The first-order valence-electron chi connectivity index (χ1n) is 12.1. The van der Waals surface area contributed by atoms with Crippen LogP contribution in [0.1, 0.15) is 43.6 Å². The summed E-state index contributed by atoms with van der Waals surface area (Å²) in [4.78, 5) is 26.9. The number of urea groups is 1. The average Bonchev–Trinajstić information content (AvgIpc) is 3.43. The van der Waals surface area contributed by atoms with Crippen LogP contribution in [0.2, 0.25) is 0 Å². The van der Waals surface area contributed by atoms with E-state index in [-0.39, 0.29) is 17.9 Å². The summed E-state index contributed by atoms with van der Waals surface area (Å²) in [6, 6.07) is 5.36. The predicted molar refractivity (Wildman–Crippen MR) is 136 cm³/mol. The van der Waals surface area contributed by atoms with Gasteiger partial charge in [-0.3, -0.25) is 4.90 Å². The number of aliphatic hydroxyl groups is 1. The Hall–Kier alpha value is -3.99. The third kappa shape index (κ3) is 5.47. The fourth-order valence-corrected chi connectivity index (χ4v) is 4.36. The van der Waals surface area contributed by atoms with Crippen LogP contribution in [0.15, 0.2) is 36.5 Å². The zero-order valence-corrected chi connectivity index (χ0v) is 21.8. The number of carbonyl (C=O) groups is 2. The monoisotopic (exact) mass is 528 g/mol. The number of amides is 2. The molecule has 202 valence electrons. The van der Waals surface area contributed by atoms with Crippen molar-refractivity contribution in [3.63, 3.8) is 0 Å². The number of ether oxygens (including phenoxy) is 2. The lowest BCUT2D eigenvalue weighted by atomic mass is 10.0. The van der Waals surface area contributed by atoms with Crippen LogP contribution in [0, 0.1) is 18.6 Å². The number of carbonyl (C=O) groups excluding carboxylic acids is 2. The summed E-state index contributed by atoms with van der Waals surface area (Å²) in [5.74, 6) is -0.915. The summed E-state index contributed by atoms with van der Waals surface area (Å²) < 4.78 is 40.8. The molecule has 1 aromatic heterocycles. The van der Waals surface area contributed by atoms with Crippen LogP contribution in [0.5, 0.6) is 5.75 Å². The van der Waals surface area contributed by atoms with Crippen molar-refractivity contribution in [2.45, 2.75) is 45.8 Å². The molecular formula is C27H30F2N4O5. The van der Waals surface area contributed by atoms with Gasteiger partial charge >= 0.3 is 12.1 Å². The van der Waals surface area contributed by atoms with E-state index in [9.17, 15) is 19.1 Å². The summed E-state index contributed by atoms with van der Waals surface area (Å²) >= 11 is 0. The van der Waals surface area contributed by atoms with Gasteiger partial charge < -0.3 is 19.9 Å². The highest BCUT2D eigenvalue weighted by atomic mass is 19.1. The second-order valence-electron chi connectivity index (χ2n) is 10.0. The number of aromatic nitrogens is 2. The molecule has 4 rings (SSSR count). The number of hydrogen-bond donors (Lipinski definition) is 2. The number of anilines is 1. The molecule has 0 saturated carbocycles. The number of aliphatic hydroxyl groups excluding tert-OH is 1. The lowest BCUT2D eigenvalue weighted by Gasteiger charge is -2.23. The van der Waals surface area contributed by atoms with Crippen molar-refractivity contribution in [1.29, 1.82) is 0 Å². The van der Waals surface area contributed by atoms with Gasteiger partial charge in [-0.1, -0.05) is 0 Å². The maximum absolute atomic E-state index is 15.3. The fraction of sp³-hybridized carbons (Fsp3) is 0.370. The molecule has 3 aromatic rings. The molecule has 0 spiro atoms. The minimum absolute atomic E-state index is 0.249. The molecule has 11 heteroatoms. The first-order valence-corrected chi connectivity index (χ1v) is 12.1. The molecular weight excluding hydrogens is 498 g/mol. The maximum atomic E-state index is 15.3. The van der Waals surface area contributed by atoms with Crippen LogP contribution < -0.4 is 15.0 Å². The average molecular weight is 529 g/mol. The summed E-state index contributed by atoms with van der Waals surface area (Å²) in [5.41, 5.74) is 1.83. The van der Waals surface area contributed by atoms with E-state index >= 15 is 4.39 Å². The van der Waals surface area contributed by atoms with E-state index in [0.29, 0.717) is 28.9 Å². The summed E-state index contributed by atoms with van der Waals surface area (Å²) in [5, 5.41) is 16.6. The topological polar surface area (TPSA) is 106 Å². The minimum atomic E-state index is -0.901. The molecule has 1 aliphatic heterocycles. The van der Waals surface area contributed by atoms with Gasteiger partial charge in [0.25, 0.3) is 0 Å². The van der Waals surface area contributed by atoms with E-state index < -0.39 is 42.0 Å². The fourth-order valence-electron chi connectivity index (χ4n) is 4.36. The standard InChI is InChI=1S/C27H30F2N4O5/c1-15-21(13-30-33(15)26(36)38-27(2,3)4)20-10-16-6-7-32(24(16)12-22(20)29)25(35)31-23(14-34)17-8-18(28)11-19(9-17)37-5/h8-13,23,34H,6-7,14H2,1-5H3,(H,31,35)/t23-/m1/s1. The number of hydrogen-bond acceptors (Lipinski definition) is 6. The van der Waals surface area contributed by atoms with Crippen molar-refractivity contribution in [2.24, 2.45) is 0 Å². The van der Waals surface area contributed by atoms with Gasteiger partial charge in [-0.15, -0.1) is 0 Å². The highest BCUT2D eigenvalue weighted by molar-refractivity contribution is 5.95. The Kier molecular flexibility index (Phi) is 7.41. The molecule has 0 fully saturated rings. The van der Waals surface area contributed by atoms with Crippen LogP contribution in [0.4, 0.5) is 24.1 Å². The molecule has 0 radical (unpaired) electrons. The quantitative estimate of drug-likeness (QED) is 0.496. The van der Waals surface area contributed by atoms with Gasteiger partial charge in [-0.2, -0.15) is 9.78 Å². The highest BCUT2D eigenvalue weighted by Crippen LogP contribution is 2.36. The molecule has 2 amide bonds. The van der Waals surface area contributed by atoms with Crippen molar-refractivity contribution in [3.05, 3.63) is 65.0 Å². The van der Waals surface area contributed by atoms with Crippen molar-refractivity contribution in [2.75, 3.05) is 25.2 Å². The minimum Gasteiger partial charge on any atom is -0.497 e. The lowest BCUT2D eigenvalue weighted by molar-refractivity contribution is 0.0511. The maximum Gasteiger partial charge on any atom is 0.435 e. The van der Waals surface area contributed by atoms with Gasteiger partial charge in [0.2, 0.25) is 0 Å². The SMILES string of the molecule is COc1cc(F)cc([C@@H](CO)NC(=O)N2CCc3cc(-c4cnn(C(=O)OC(C)(C)C)c4C)c(F)cc32)c1. The molecule has 38 heavy (non-hydrogen) atoms. The van der Waals surface area contributed by atoms with Crippen LogP contribution in [-0.4, -0.2) is 52.9 Å². The van der Waals surface area contributed by atoms with E-state index in [1.165, 1.54) is 42.5 Å². The number of nitrogens with one attached hydrogen (secondary N) is 1. The summed E-state index contributed by atoms with van der Waals surface area (Å²) in [6.07, 6.45) is 1.20. The van der Waals surface area contributed by atoms with Gasteiger partial charge in [0.1, 0.15) is 23.0 Å². The van der Waals surface area contributed by atoms with E-state index in [4.69, 9.17) is 9.47 Å². The van der Waals surface area contributed by atoms with Gasteiger partial charge in [-0.25, -0.2) is 18.4 Å². The van der Waals surface area contributed by atoms with Crippen LogP contribution in [0.25, 0.3) is 11.1 Å². The van der Waals surface area contributed by atoms with Crippen molar-refractivity contribution >= 4 is 17.8 Å². The van der Waals surface area contributed by atoms with Gasteiger partial charge in [0, 0.05) is 23.7 Å². The molecule has 1 aliphatic rings. The first kappa shape index (κ1) is 27.1. The van der Waals surface area contributed by atoms with Gasteiger partial charge in [-0.05, 0) is 69.5 Å². The largest absolute Gasteiger partial charge is 0.497 e. The van der Waals surface area contributed by atoms with Crippen LogP contribution in [0.3, 0.4) is 0 Å². The van der Waals surface area contributed by atoms with E-state index in [1.807, 2.05) is 0 Å². The Morgan fingerprint density at radius 1 is 1.16 bits per heavy atom. The van der Waals surface area contributed by atoms with Gasteiger partial charge in [0.15, 0.2) is 0 Å². The number of methoxy groups -OCH3 is 1. The highest BCUT2D eigenvalue weighted by Gasteiger charge is 2.30. The third-order valence-corrected chi connectivity index (χ3v) is 6.19. The summed E-state index contributed by atoms with van der Waals surface area (Å²) in [6.45, 7) is 6.67. The number of fused-ring (bicyclic) bond motifs is 1. The number of nitrogens with zero attached hydrogens (tertiary/aromatic N) is 3.